The molecule has 3 saturated heterocycles. The lowest BCUT2D eigenvalue weighted by Gasteiger charge is -2.39. The van der Waals surface area contributed by atoms with Crippen LogP contribution in [0.5, 0.6) is 17.6 Å². The number of aromatic nitrogens is 3. The highest BCUT2D eigenvalue weighted by Crippen LogP contribution is 2.45. The number of aryl methyl sites for hydroxylation is 1. The zero-order valence-corrected chi connectivity index (χ0v) is 26.9. The number of azide groups is 1. The Morgan fingerprint density at radius 2 is 2.08 bits per heavy atom. The van der Waals surface area contributed by atoms with Gasteiger partial charge in [-0.2, -0.15) is 9.97 Å². The van der Waals surface area contributed by atoms with Crippen LogP contribution in [0.15, 0.2) is 29.4 Å². The lowest BCUT2D eigenvalue weighted by atomic mass is 9.95. The van der Waals surface area contributed by atoms with Crippen LogP contribution in [-0.2, 0) is 0 Å². The molecule has 14 heteroatoms. The average molecular weight is 658 g/mol. The van der Waals surface area contributed by atoms with Crippen molar-refractivity contribution in [3.63, 3.8) is 0 Å². The van der Waals surface area contributed by atoms with Gasteiger partial charge in [-0.3, -0.25) is 4.90 Å². The molecule has 48 heavy (non-hydrogen) atoms. The Labute approximate surface area is 275 Å². The molecule has 6 heterocycles. The van der Waals surface area contributed by atoms with E-state index in [9.17, 15) is 9.50 Å². The Morgan fingerprint density at radius 3 is 2.92 bits per heavy atom. The number of halogens is 2. The van der Waals surface area contributed by atoms with Gasteiger partial charge in [0.15, 0.2) is 5.82 Å². The molecule has 250 valence electrons. The molecular weight excluding hydrogens is 620 g/mol. The molecular formula is C34H37F2N9O3. The number of piperazine rings is 1. The van der Waals surface area contributed by atoms with Gasteiger partial charge >= 0.3 is 6.01 Å². The van der Waals surface area contributed by atoms with E-state index in [0.29, 0.717) is 53.8 Å². The van der Waals surface area contributed by atoms with E-state index in [1.54, 1.807) is 13.0 Å². The smallest absolute Gasteiger partial charge is 0.319 e. The van der Waals surface area contributed by atoms with Crippen molar-refractivity contribution in [3.8, 4) is 28.9 Å². The van der Waals surface area contributed by atoms with Gasteiger partial charge < -0.3 is 24.8 Å². The second-order valence-corrected chi connectivity index (χ2v) is 13.4. The molecule has 4 aliphatic heterocycles. The molecule has 12 nitrogen and oxygen atoms in total. The monoisotopic (exact) mass is 657 g/mol. The van der Waals surface area contributed by atoms with Crippen LogP contribution >= 0.6 is 0 Å². The maximum Gasteiger partial charge on any atom is 0.319 e. The number of rotatable bonds is 7. The summed E-state index contributed by atoms with van der Waals surface area (Å²) in [6.07, 6.45) is 4.62. The largest absolute Gasteiger partial charge is 0.508 e. The zero-order valence-electron chi connectivity index (χ0n) is 26.9. The first-order valence-corrected chi connectivity index (χ1v) is 16.7. The van der Waals surface area contributed by atoms with Crippen molar-refractivity contribution in [2.75, 3.05) is 44.3 Å². The molecule has 0 unspecified atom stereocenters. The van der Waals surface area contributed by atoms with E-state index in [-0.39, 0.29) is 64.7 Å². The van der Waals surface area contributed by atoms with Gasteiger partial charge in [0, 0.05) is 42.2 Å². The van der Waals surface area contributed by atoms with Crippen LogP contribution in [0.1, 0.15) is 44.6 Å². The minimum Gasteiger partial charge on any atom is -0.508 e. The number of benzene rings is 2. The van der Waals surface area contributed by atoms with Crippen LogP contribution in [0.2, 0.25) is 0 Å². The fourth-order valence-corrected chi connectivity index (χ4v) is 8.31. The van der Waals surface area contributed by atoms with Crippen molar-refractivity contribution < 1.29 is 23.4 Å². The molecule has 2 N–H and O–H groups in total. The summed E-state index contributed by atoms with van der Waals surface area (Å²) in [6, 6.07) is 6.09. The fraction of sp³-hybridized carbons (Fsp3) is 0.500. The number of hydrogen-bond donors (Lipinski definition) is 2. The summed E-state index contributed by atoms with van der Waals surface area (Å²) in [7, 11) is 0. The topological polar surface area (TPSA) is 145 Å². The molecule has 0 radical (unpaired) electrons. The van der Waals surface area contributed by atoms with Crippen LogP contribution in [0.25, 0.3) is 43.4 Å². The normalized spacial score (nSPS) is 25.0. The first-order chi connectivity index (χ1) is 23.3. The summed E-state index contributed by atoms with van der Waals surface area (Å²) >= 11 is 0. The number of phenols is 1. The second kappa shape index (κ2) is 11.9. The first-order valence-electron chi connectivity index (χ1n) is 16.7. The Bertz CT molecular complexity index is 1990. The molecule has 2 aromatic carbocycles. The third-order valence-electron chi connectivity index (χ3n) is 10.8. The molecule has 0 aliphatic carbocycles. The minimum atomic E-state index is -0.738. The Morgan fingerprint density at radius 1 is 1.21 bits per heavy atom. The number of aromatic hydroxyl groups is 1. The third kappa shape index (κ3) is 4.92. The van der Waals surface area contributed by atoms with Crippen molar-refractivity contribution in [2.24, 2.45) is 5.11 Å². The van der Waals surface area contributed by atoms with Crippen LogP contribution in [0, 0.1) is 18.6 Å². The maximum absolute atomic E-state index is 17.1. The molecule has 0 bridgehead atoms. The van der Waals surface area contributed by atoms with Crippen LogP contribution < -0.4 is 19.7 Å². The van der Waals surface area contributed by atoms with Crippen molar-refractivity contribution in [1.29, 1.82) is 0 Å². The quantitative estimate of drug-likeness (QED) is 0.144. The highest BCUT2D eigenvalue weighted by molar-refractivity contribution is 6.03. The first kappa shape index (κ1) is 30.8. The average Bonchev–Trinajstić information content (AvgIpc) is 3.62. The van der Waals surface area contributed by atoms with E-state index < -0.39 is 11.6 Å². The van der Waals surface area contributed by atoms with Gasteiger partial charge in [0.2, 0.25) is 5.88 Å². The molecule has 0 saturated carbocycles. The van der Waals surface area contributed by atoms with Gasteiger partial charge in [-0.15, -0.1) is 0 Å². The highest BCUT2D eigenvalue weighted by Gasteiger charge is 2.49. The summed E-state index contributed by atoms with van der Waals surface area (Å²) in [4.78, 5) is 21.8. The van der Waals surface area contributed by atoms with Crippen LogP contribution in [-0.4, -0.2) is 88.0 Å². The Hall–Kier alpha value is -4.52. The number of nitrogens with zero attached hydrogens (tertiary/aromatic N) is 8. The van der Waals surface area contributed by atoms with Gasteiger partial charge in [-0.05, 0) is 85.6 Å². The number of ether oxygens (including phenoxy) is 2. The van der Waals surface area contributed by atoms with Gasteiger partial charge in [0.05, 0.1) is 11.6 Å². The van der Waals surface area contributed by atoms with E-state index >= 15 is 4.39 Å². The summed E-state index contributed by atoms with van der Waals surface area (Å²) in [5, 5.41) is 19.4. The summed E-state index contributed by atoms with van der Waals surface area (Å²) < 4.78 is 44.6. The molecule has 4 atom stereocenters. The molecule has 8 rings (SSSR count). The SMILES string of the molecule is CC[C@@H]1CN2c3nc(OC[C@@]45CCCN4[C@H](CN=[N+]=[N-])CC5)nc4c(F)c(-c5cc(O)cc6ccc(F)c(C)c56)nc(c34)OC[C@@H]2CN1. The fourth-order valence-electron chi connectivity index (χ4n) is 8.31. The second-order valence-electron chi connectivity index (χ2n) is 13.4. The number of hydrogen-bond acceptors (Lipinski definition) is 10. The van der Waals surface area contributed by atoms with Crippen molar-refractivity contribution in [3.05, 3.63) is 51.9 Å². The van der Waals surface area contributed by atoms with E-state index in [1.807, 2.05) is 0 Å². The summed E-state index contributed by atoms with van der Waals surface area (Å²) in [5.41, 5.74) is 9.08. The number of phenolic OH excluding ortho intramolecular Hbond substituents is 1. The highest BCUT2D eigenvalue weighted by atomic mass is 19.1. The molecule has 0 spiro atoms. The molecule has 4 aliphatic rings. The number of anilines is 1. The lowest BCUT2D eigenvalue weighted by molar-refractivity contribution is 0.0865. The molecule has 0 amide bonds. The van der Waals surface area contributed by atoms with E-state index in [1.165, 1.54) is 18.2 Å². The zero-order chi connectivity index (χ0) is 33.2. The van der Waals surface area contributed by atoms with Crippen LogP contribution in [0.4, 0.5) is 14.6 Å². The van der Waals surface area contributed by atoms with Crippen LogP contribution in [0.3, 0.4) is 0 Å². The van der Waals surface area contributed by atoms with Gasteiger partial charge in [-0.1, -0.05) is 18.1 Å². The summed E-state index contributed by atoms with van der Waals surface area (Å²) in [5.74, 6) is -0.615. The van der Waals surface area contributed by atoms with Gasteiger partial charge in [-0.25, -0.2) is 13.8 Å². The predicted molar refractivity (Wildman–Crippen MR) is 177 cm³/mol. The van der Waals surface area contributed by atoms with Gasteiger partial charge in [0.25, 0.3) is 0 Å². The maximum atomic E-state index is 17.1. The van der Waals surface area contributed by atoms with Crippen molar-refractivity contribution in [2.45, 2.75) is 69.6 Å². The number of nitrogens with one attached hydrogen (secondary N) is 1. The van der Waals surface area contributed by atoms with Gasteiger partial charge in [0.1, 0.15) is 47.2 Å². The van der Waals surface area contributed by atoms with Crippen molar-refractivity contribution >= 4 is 27.5 Å². The number of fused-ring (bicyclic) bond motifs is 4. The Balaban J connectivity index is 1.28. The summed E-state index contributed by atoms with van der Waals surface area (Å²) in [6.45, 7) is 6.91. The van der Waals surface area contributed by atoms with E-state index in [0.717, 1.165) is 38.6 Å². The standard InChI is InChI=1S/C34H37F2N9O3/c1-3-20-15-44-22(13-38-20)16-47-32-27-30(28(36)29(40-32)24-12-23(46)11-19-5-6-25(35)18(2)26(19)24)41-33(42-31(27)44)48-17-34-8-4-10-45(34)21(7-9-34)14-39-43-37/h5-6,11-12,20-22,38,46H,3-4,7-10,13-17H2,1-2H3/t20-,21+,22+,34+/m1/s1. The molecule has 3 fully saturated rings. The van der Waals surface area contributed by atoms with E-state index in [4.69, 9.17) is 25.0 Å². The number of pyridine rings is 1. The molecule has 4 aromatic rings. The predicted octanol–water partition coefficient (Wildman–Crippen LogP) is 5.77. The van der Waals surface area contributed by atoms with Crippen molar-refractivity contribution in [1.82, 2.24) is 25.2 Å². The minimum absolute atomic E-state index is 0.0128. The van der Waals surface area contributed by atoms with E-state index in [2.05, 4.69) is 37.1 Å². The molecule has 2 aromatic heterocycles. The lowest BCUT2D eigenvalue weighted by Crippen LogP contribution is -2.58. The Kier molecular flexibility index (Phi) is 7.61. The third-order valence-corrected chi connectivity index (χ3v) is 10.8.